The summed E-state index contributed by atoms with van der Waals surface area (Å²) in [6, 6.07) is 5.90. The number of halogens is 1. The highest BCUT2D eigenvalue weighted by atomic mass is 127. The molecule has 0 fully saturated rings. The predicted molar refractivity (Wildman–Crippen MR) is 73.6 cm³/mol. The van der Waals surface area contributed by atoms with Crippen molar-refractivity contribution in [3.8, 4) is 0 Å². The fraction of sp³-hybridized carbons (Fsp3) is 0.417. The van der Waals surface area contributed by atoms with E-state index in [0.717, 1.165) is 14.8 Å². The Balaban J connectivity index is 2.56. The molecule has 0 saturated carbocycles. The minimum atomic E-state index is -0.113. The summed E-state index contributed by atoms with van der Waals surface area (Å²) in [5.41, 5.74) is 1.91. The molecule has 0 bridgehead atoms. The van der Waals surface area contributed by atoms with E-state index in [2.05, 4.69) is 27.9 Å². The SMILES string of the molecule is Cc1cc(I)ccc1NC(=O)COC(C)C. The molecule has 0 aliphatic carbocycles. The van der Waals surface area contributed by atoms with Gasteiger partial charge in [-0.25, -0.2) is 0 Å². The molecule has 1 N–H and O–H groups in total. The first-order valence-electron chi connectivity index (χ1n) is 5.16. The van der Waals surface area contributed by atoms with E-state index in [1.54, 1.807) is 0 Å². The highest BCUT2D eigenvalue weighted by molar-refractivity contribution is 14.1. The van der Waals surface area contributed by atoms with Gasteiger partial charge in [0, 0.05) is 9.26 Å². The molecule has 0 spiro atoms. The van der Waals surface area contributed by atoms with Gasteiger partial charge < -0.3 is 10.1 Å². The van der Waals surface area contributed by atoms with Gasteiger partial charge in [0.1, 0.15) is 6.61 Å². The number of carbonyl (C=O) groups is 1. The molecule has 1 aromatic carbocycles. The van der Waals surface area contributed by atoms with Crippen molar-refractivity contribution in [2.24, 2.45) is 0 Å². The molecule has 1 amide bonds. The van der Waals surface area contributed by atoms with E-state index in [1.807, 2.05) is 39.0 Å². The Kier molecular flexibility index (Phi) is 5.21. The van der Waals surface area contributed by atoms with E-state index in [-0.39, 0.29) is 18.6 Å². The number of nitrogens with one attached hydrogen (secondary N) is 1. The number of ether oxygens (including phenoxy) is 1. The first-order chi connectivity index (χ1) is 7.49. The number of hydrogen-bond acceptors (Lipinski definition) is 2. The molecule has 3 nitrogen and oxygen atoms in total. The van der Waals surface area contributed by atoms with Gasteiger partial charge in [-0.15, -0.1) is 0 Å². The molecule has 1 aromatic rings. The van der Waals surface area contributed by atoms with Gasteiger partial charge in [0.25, 0.3) is 0 Å². The van der Waals surface area contributed by atoms with Crippen LogP contribution in [0.15, 0.2) is 18.2 Å². The summed E-state index contributed by atoms with van der Waals surface area (Å²) < 4.78 is 6.38. The lowest BCUT2D eigenvalue weighted by molar-refractivity contribution is -0.121. The Bertz CT molecular complexity index is 377. The van der Waals surface area contributed by atoms with Gasteiger partial charge in [-0.3, -0.25) is 4.79 Å². The third kappa shape index (κ3) is 4.49. The van der Waals surface area contributed by atoms with Crippen LogP contribution in [0.3, 0.4) is 0 Å². The van der Waals surface area contributed by atoms with Gasteiger partial charge in [0.15, 0.2) is 0 Å². The second kappa shape index (κ2) is 6.20. The van der Waals surface area contributed by atoms with E-state index >= 15 is 0 Å². The third-order valence-corrected chi connectivity index (χ3v) is 2.68. The Morgan fingerprint density at radius 2 is 2.19 bits per heavy atom. The maximum absolute atomic E-state index is 11.5. The van der Waals surface area contributed by atoms with Crippen molar-refractivity contribution in [3.63, 3.8) is 0 Å². The highest BCUT2D eigenvalue weighted by Crippen LogP contribution is 2.17. The number of carbonyl (C=O) groups excluding carboxylic acids is 1. The number of hydrogen-bond donors (Lipinski definition) is 1. The Morgan fingerprint density at radius 1 is 1.50 bits per heavy atom. The summed E-state index contributed by atoms with van der Waals surface area (Å²) in [5.74, 6) is -0.113. The van der Waals surface area contributed by atoms with Crippen LogP contribution in [0.4, 0.5) is 5.69 Å². The Hall–Kier alpha value is -0.620. The minimum Gasteiger partial charge on any atom is -0.369 e. The number of amides is 1. The van der Waals surface area contributed by atoms with E-state index in [4.69, 9.17) is 4.74 Å². The zero-order valence-corrected chi connectivity index (χ0v) is 11.9. The number of rotatable bonds is 4. The van der Waals surface area contributed by atoms with Crippen LogP contribution >= 0.6 is 22.6 Å². The molecular formula is C12H16INO2. The smallest absolute Gasteiger partial charge is 0.250 e. The lowest BCUT2D eigenvalue weighted by Gasteiger charge is -2.10. The summed E-state index contributed by atoms with van der Waals surface area (Å²) >= 11 is 2.24. The van der Waals surface area contributed by atoms with Crippen LogP contribution in [0.1, 0.15) is 19.4 Å². The van der Waals surface area contributed by atoms with E-state index in [0.29, 0.717) is 0 Å². The predicted octanol–water partition coefficient (Wildman–Crippen LogP) is 2.96. The third-order valence-electron chi connectivity index (χ3n) is 2.01. The fourth-order valence-electron chi connectivity index (χ4n) is 1.20. The van der Waals surface area contributed by atoms with Gasteiger partial charge in [0.05, 0.1) is 6.10 Å². The Labute approximate surface area is 110 Å². The molecule has 0 heterocycles. The molecule has 0 atom stereocenters. The van der Waals surface area contributed by atoms with Crippen molar-refractivity contribution in [2.75, 3.05) is 11.9 Å². The fourth-order valence-corrected chi connectivity index (χ4v) is 1.84. The van der Waals surface area contributed by atoms with Gasteiger partial charge in [0.2, 0.25) is 5.91 Å². The molecule has 0 aliphatic heterocycles. The van der Waals surface area contributed by atoms with E-state index in [9.17, 15) is 4.79 Å². The first-order valence-corrected chi connectivity index (χ1v) is 6.24. The summed E-state index contributed by atoms with van der Waals surface area (Å²) in [6.07, 6.45) is 0.0727. The quantitative estimate of drug-likeness (QED) is 0.861. The largest absolute Gasteiger partial charge is 0.369 e. The molecule has 16 heavy (non-hydrogen) atoms. The van der Waals surface area contributed by atoms with E-state index < -0.39 is 0 Å². The molecule has 0 aromatic heterocycles. The van der Waals surface area contributed by atoms with Gasteiger partial charge in [-0.1, -0.05) is 0 Å². The highest BCUT2D eigenvalue weighted by Gasteiger charge is 2.06. The van der Waals surface area contributed by atoms with Crippen molar-refractivity contribution in [1.82, 2.24) is 0 Å². The maximum atomic E-state index is 11.5. The molecular weight excluding hydrogens is 317 g/mol. The summed E-state index contributed by atoms with van der Waals surface area (Å²) in [6.45, 7) is 5.89. The van der Waals surface area contributed by atoms with Crippen LogP contribution in [-0.2, 0) is 9.53 Å². The van der Waals surface area contributed by atoms with Crippen LogP contribution in [-0.4, -0.2) is 18.6 Å². The molecule has 4 heteroatoms. The topological polar surface area (TPSA) is 38.3 Å². The van der Waals surface area contributed by atoms with Crippen molar-refractivity contribution in [1.29, 1.82) is 0 Å². The molecule has 0 aliphatic rings. The maximum Gasteiger partial charge on any atom is 0.250 e. The lowest BCUT2D eigenvalue weighted by Crippen LogP contribution is -2.21. The average molecular weight is 333 g/mol. The van der Waals surface area contributed by atoms with Crippen molar-refractivity contribution in [2.45, 2.75) is 26.9 Å². The van der Waals surface area contributed by atoms with Crippen molar-refractivity contribution in [3.05, 3.63) is 27.3 Å². The van der Waals surface area contributed by atoms with Crippen LogP contribution in [0.2, 0.25) is 0 Å². The molecule has 0 radical (unpaired) electrons. The van der Waals surface area contributed by atoms with Crippen LogP contribution in [0, 0.1) is 10.5 Å². The number of benzene rings is 1. The van der Waals surface area contributed by atoms with Gasteiger partial charge >= 0.3 is 0 Å². The average Bonchev–Trinajstić information content (AvgIpc) is 2.19. The summed E-state index contributed by atoms with van der Waals surface area (Å²) in [7, 11) is 0. The zero-order valence-electron chi connectivity index (χ0n) is 9.71. The molecule has 0 unspecified atom stereocenters. The monoisotopic (exact) mass is 333 g/mol. The molecule has 88 valence electrons. The summed E-state index contributed by atoms with van der Waals surface area (Å²) in [5, 5.41) is 2.83. The standard InChI is InChI=1S/C12H16INO2/c1-8(2)16-7-12(15)14-11-5-4-10(13)6-9(11)3/h4-6,8H,7H2,1-3H3,(H,14,15). The van der Waals surface area contributed by atoms with E-state index in [1.165, 1.54) is 0 Å². The van der Waals surface area contributed by atoms with Crippen molar-refractivity contribution < 1.29 is 9.53 Å². The van der Waals surface area contributed by atoms with Gasteiger partial charge in [-0.05, 0) is 67.1 Å². The number of anilines is 1. The normalized spacial score (nSPS) is 10.6. The Morgan fingerprint density at radius 3 is 2.75 bits per heavy atom. The van der Waals surface area contributed by atoms with Crippen molar-refractivity contribution >= 4 is 34.2 Å². The van der Waals surface area contributed by atoms with Crippen LogP contribution < -0.4 is 5.32 Å². The van der Waals surface area contributed by atoms with Crippen LogP contribution in [0.5, 0.6) is 0 Å². The first kappa shape index (κ1) is 13.4. The number of aryl methyl sites for hydroxylation is 1. The molecule has 0 saturated heterocycles. The second-order valence-corrected chi connectivity index (χ2v) is 5.11. The lowest BCUT2D eigenvalue weighted by atomic mass is 10.2. The van der Waals surface area contributed by atoms with Crippen LogP contribution in [0.25, 0.3) is 0 Å². The second-order valence-electron chi connectivity index (χ2n) is 3.87. The zero-order chi connectivity index (χ0) is 12.1. The summed E-state index contributed by atoms with van der Waals surface area (Å²) in [4.78, 5) is 11.5. The van der Waals surface area contributed by atoms with Gasteiger partial charge in [-0.2, -0.15) is 0 Å². The molecule has 1 rings (SSSR count). The minimum absolute atomic E-state index is 0.0727.